The highest BCUT2D eigenvalue weighted by Gasteiger charge is 2.29. The Morgan fingerprint density at radius 2 is 1.95 bits per heavy atom. The lowest BCUT2D eigenvalue weighted by molar-refractivity contribution is 0.327. The maximum absolute atomic E-state index is 5.93. The lowest BCUT2D eigenvalue weighted by atomic mass is 9.89. The molecule has 1 saturated heterocycles. The number of hydrogen-bond acceptors (Lipinski definition) is 6. The zero-order valence-corrected chi connectivity index (χ0v) is 12.5. The highest BCUT2D eigenvalue weighted by Crippen LogP contribution is 2.29. The average molecular weight is 280 g/mol. The van der Waals surface area contributed by atoms with Crippen molar-refractivity contribution in [2.45, 2.75) is 32.2 Å². The van der Waals surface area contributed by atoms with Crippen molar-refractivity contribution < 1.29 is 9.47 Å². The number of piperidine rings is 1. The first kappa shape index (κ1) is 14.8. The summed E-state index contributed by atoms with van der Waals surface area (Å²) in [5.41, 5.74) is 5.93. The molecular formula is C14H24N4O2. The van der Waals surface area contributed by atoms with Gasteiger partial charge in [-0.1, -0.05) is 13.3 Å². The third kappa shape index (κ3) is 3.12. The van der Waals surface area contributed by atoms with Gasteiger partial charge in [0.05, 0.1) is 20.3 Å². The molecule has 2 unspecified atom stereocenters. The third-order valence-corrected chi connectivity index (χ3v) is 4.02. The summed E-state index contributed by atoms with van der Waals surface area (Å²) in [4.78, 5) is 11.0. The van der Waals surface area contributed by atoms with Gasteiger partial charge in [-0.25, -0.2) is 0 Å². The number of nitrogens with two attached hydrogens (primary N) is 1. The van der Waals surface area contributed by atoms with Gasteiger partial charge in [0.15, 0.2) is 0 Å². The van der Waals surface area contributed by atoms with E-state index < -0.39 is 0 Å². The minimum atomic E-state index is 0.283. The van der Waals surface area contributed by atoms with E-state index in [1.54, 1.807) is 20.3 Å². The predicted molar refractivity (Wildman–Crippen MR) is 78.3 cm³/mol. The number of methoxy groups -OCH3 is 2. The van der Waals surface area contributed by atoms with E-state index in [0.29, 0.717) is 24.3 Å². The van der Waals surface area contributed by atoms with Gasteiger partial charge in [-0.3, -0.25) is 0 Å². The Morgan fingerprint density at radius 3 is 2.45 bits per heavy atom. The van der Waals surface area contributed by atoms with Gasteiger partial charge in [0.2, 0.25) is 17.7 Å². The van der Waals surface area contributed by atoms with Crippen LogP contribution in [0, 0.1) is 5.92 Å². The summed E-state index contributed by atoms with van der Waals surface area (Å²) in [6.07, 6.45) is 3.44. The molecule has 1 aliphatic rings. The van der Waals surface area contributed by atoms with Crippen molar-refractivity contribution in [1.29, 1.82) is 0 Å². The van der Waals surface area contributed by atoms with Crippen LogP contribution in [-0.4, -0.2) is 43.3 Å². The van der Waals surface area contributed by atoms with Crippen LogP contribution < -0.4 is 20.1 Å². The van der Waals surface area contributed by atoms with E-state index in [1.165, 1.54) is 6.42 Å². The SMILES string of the molecule is CCC1CCN(c2nc(OC)cc(OC)n2)C(CN)C1. The number of aromatic nitrogens is 2. The van der Waals surface area contributed by atoms with Crippen molar-refractivity contribution >= 4 is 5.95 Å². The van der Waals surface area contributed by atoms with Crippen LogP contribution >= 0.6 is 0 Å². The molecule has 0 aromatic carbocycles. The van der Waals surface area contributed by atoms with Gasteiger partial charge in [-0.2, -0.15) is 9.97 Å². The Labute approximate surface area is 120 Å². The van der Waals surface area contributed by atoms with Crippen LogP contribution in [0.3, 0.4) is 0 Å². The van der Waals surface area contributed by atoms with Gasteiger partial charge < -0.3 is 20.1 Å². The standard InChI is InChI=1S/C14H24N4O2/c1-4-10-5-6-18(11(7-10)9-15)14-16-12(19-2)8-13(17-14)20-3/h8,10-11H,4-7,9,15H2,1-3H3. The van der Waals surface area contributed by atoms with E-state index in [2.05, 4.69) is 21.8 Å². The Bertz CT molecular complexity index is 419. The Kier molecular flexibility index (Phi) is 5.00. The Hall–Kier alpha value is -1.56. The first-order chi connectivity index (χ1) is 9.71. The highest BCUT2D eigenvalue weighted by molar-refractivity contribution is 5.38. The van der Waals surface area contributed by atoms with E-state index in [0.717, 1.165) is 25.3 Å². The summed E-state index contributed by atoms with van der Waals surface area (Å²) in [7, 11) is 3.19. The summed E-state index contributed by atoms with van der Waals surface area (Å²) in [6.45, 7) is 3.77. The molecule has 0 spiro atoms. The van der Waals surface area contributed by atoms with Crippen molar-refractivity contribution in [3.05, 3.63) is 6.07 Å². The van der Waals surface area contributed by atoms with E-state index in [4.69, 9.17) is 15.2 Å². The van der Waals surface area contributed by atoms with Crippen LogP contribution in [0.4, 0.5) is 5.95 Å². The average Bonchev–Trinajstić information content (AvgIpc) is 2.53. The number of rotatable bonds is 5. The largest absolute Gasteiger partial charge is 0.481 e. The van der Waals surface area contributed by atoms with Crippen molar-refractivity contribution in [3.63, 3.8) is 0 Å². The van der Waals surface area contributed by atoms with Crippen LogP contribution in [0.2, 0.25) is 0 Å². The summed E-state index contributed by atoms with van der Waals surface area (Å²) in [6, 6.07) is 1.96. The molecule has 6 nitrogen and oxygen atoms in total. The molecule has 112 valence electrons. The second-order valence-corrected chi connectivity index (χ2v) is 5.13. The molecule has 1 aromatic heterocycles. The summed E-state index contributed by atoms with van der Waals surface area (Å²) in [5.74, 6) is 2.42. The van der Waals surface area contributed by atoms with Crippen molar-refractivity contribution in [2.24, 2.45) is 11.7 Å². The lowest BCUT2D eigenvalue weighted by Gasteiger charge is -2.38. The molecular weight excluding hydrogens is 256 g/mol. The quantitative estimate of drug-likeness (QED) is 0.880. The van der Waals surface area contributed by atoms with Crippen LogP contribution in [0.25, 0.3) is 0 Å². The second-order valence-electron chi connectivity index (χ2n) is 5.13. The van der Waals surface area contributed by atoms with Crippen LogP contribution in [-0.2, 0) is 0 Å². The molecule has 1 fully saturated rings. The van der Waals surface area contributed by atoms with Gasteiger partial charge in [0, 0.05) is 19.1 Å². The van der Waals surface area contributed by atoms with Crippen LogP contribution in [0.1, 0.15) is 26.2 Å². The predicted octanol–water partition coefficient (Wildman–Crippen LogP) is 1.45. The maximum atomic E-state index is 5.93. The number of anilines is 1. The minimum absolute atomic E-state index is 0.283. The summed E-state index contributed by atoms with van der Waals surface area (Å²) in [5, 5.41) is 0. The first-order valence-corrected chi connectivity index (χ1v) is 7.15. The van der Waals surface area contributed by atoms with E-state index in [9.17, 15) is 0 Å². The normalized spacial score (nSPS) is 22.7. The van der Waals surface area contributed by atoms with Crippen molar-refractivity contribution in [2.75, 3.05) is 32.2 Å². The van der Waals surface area contributed by atoms with Crippen molar-refractivity contribution in [1.82, 2.24) is 9.97 Å². The molecule has 0 bridgehead atoms. The Morgan fingerprint density at radius 1 is 1.30 bits per heavy atom. The van der Waals surface area contributed by atoms with E-state index in [-0.39, 0.29) is 6.04 Å². The molecule has 2 heterocycles. The molecule has 0 amide bonds. The molecule has 0 radical (unpaired) electrons. The van der Waals surface area contributed by atoms with Gasteiger partial charge in [-0.05, 0) is 18.8 Å². The maximum Gasteiger partial charge on any atom is 0.232 e. The van der Waals surface area contributed by atoms with Crippen LogP contribution in [0.5, 0.6) is 11.8 Å². The molecule has 1 aromatic rings. The molecule has 1 aliphatic heterocycles. The molecule has 2 atom stereocenters. The molecule has 2 N–H and O–H groups in total. The number of hydrogen-bond donors (Lipinski definition) is 1. The van der Waals surface area contributed by atoms with Gasteiger partial charge in [0.1, 0.15) is 0 Å². The molecule has 0 saturated carbocycles. The minimum Gasteiger partial charge on any atom is -0.481 e. The summed E-state index contributed by atoms with van der Waals surface area (Å²) >= 11 is 0. The van der Waals surface area contributed by atoms with Gasteiger partial charge >= 0.3 is 0 Å². The van der Waals surface area contributed by atoms with E-state index >= 15 is 0 Å². The van der Waals surface area contributed by atoms with Crippen LogP contribution in [0.15, 0.2) is 6.07 Å². The van der Waals surface area contributed by atoms with Gasteiger partial charge in [-0.15, -0.1) is 0 Å². The fourth-order valence-electron chi connectivity index (χ4n) is 2.72. The molecule has 6 heteroatoms. The van der Waals surface area contributed by atoms with E-state index in [1.807, 2.05) is 0 Å². The zero-order chi connectivity index (χ0) is 14.5. The molecule has 2 rings (SSSR count). The first-order valence-electron chi connectivity index (χ1n) is 7.15. The Balaban J connectivity index is 2.25. The smallest absolute Gasteiger partial charge is 0.232 e. The number of ether oxygens (including phenoxy) is 2. The summed E-state index contributed by atoms with van der Waals surface area (Å²) < 4.78 is 10.4. The number of nitrogens with zero attached hydrogens (tertiary/aromatic N) is 3. The third-order valence-electron chi connectivity index (χ3n) is 4.02. The molecule has 20 heavy (non-hydrogen) atoms. The second kappa shape index (κ2) is 6.74. The highest BCUT2D eigenvalue weighted by atomic mass is 16.5. The monoisotopic (exact) mass is 280 g/mol. The fraction of sp³-hybridized carbons (Fsp3) is 0.714. The van der Waals surface area contributed by atoms with Crippen molar-refractivity contribution in [3.8, 4) is 11.8 Å². The zero-order valence-electron chi connectivity index (χ0n) is 12.5. The lowest BCUT2D eigenvalue weighted by Crippen LogP contribution is -2.47. The topological polar surface area (TPSA) is 73.5 Å². The fourth-order valence-corrected chi connectivity index (χ4v) is 2.72. The molecule has 0 aliphatic carbocycles. The van der Waals surface area contributed by atoms with Gasteiger partial charge in [0.25, 0.3) is 0 Å².